The molecule has 9 heteroatoms. The van der Waals surface area contributed by atoms with E-state index < -0.39 is 5.91 Å². The smallest absolute Gasteiger partial charge is 0.322 e. The molecule has 0 aliphatic heterocycles. The van der Waals surface area contributed by atoms with Gasteiger partial charge in [-0.2, -0.15) is 0 Å². The third-order valence-corrected chi connectivity index (χ3v) is 3.58. The van der Waals surface area contributed by atoms with Crippen LogP contribution in [-0.4, -0.2) is 16.1 Å². The number of carbonyl (C=O) groups excluding carboxylic acids is 1. The summed E-state index contributed by atoms with van der Waals surface area (Å²) in [5, 5.41) is 10.6. The van der Waals surface area contributed by atoms with Gasteiger partial charge in [-0.25, -0.2) is 0 Å². The molecule has 2 aromatic heterocycles. The lowest BCUT2D eigenvalue weighted by molar-refractivity contribution is 0.102. The molecule has 0 aliphatic rings. The Morgan fingerprint density at radius 3 is 2.64 bits per heavy atom. The fraction of sp³-hybridized carbons (Fsp3) is 0. The molecule has 0 saturated heterocycles. The molecule has 3 aromatic rings. The van der Waals surface area contributed by atoms with Crippen molar-refractivity contribution in [3.8, 4) is 11.7 Å². The second-order valence-electron chi connectivity index (χ2n) is 4.09. The molecule has 6 nitrogen and oxygen atoms in total. The SMILES string of the molecule is O=C(Nc1nnc(-c2ccc(Br)o2)o1)c1ccc(Cl)cc1Cl. The van der Waals surface area contributed by atoms with E-state index in [1.165, 1.54) is 12.1 Å². The van der Waals surface area contributed by atoms with E-state index in [-0.39, 0.29) is 22.5 Å². The van der Waals surface area contributed by atoms with Crippen LogP contribution in [0.3, 0.4) is 0 Å². The van der Waals surface area contributed by atoms with E-state index in [9.17, 15) is 4.79 Å². The largest absolute Gasteiger partial charge is 0.444 e. The van der Waals surface area contributed by atoms with E-state index in [1.54, 1.807) is 18.2 Å². The van der Waals surface area contributed by atoms with Crippen molar-refractivity contribution in [3.05, 3.63) is 50.6 Å². The quantitative estimate of drug-likeness (QED) is 0.689. The minimum Gasteiger partial charge on any atom is -0.444 e. The Kier molecular flexibility index (Phi) is 4.19. The minimum atomic E-state index is -0.488. The van der Waals surface area contributed by atoms with Gasteiger partial charge in [0.25, 0.3) is 11.8 Å². The number of carbonyl (C=O) groups is 1. The summed E-state index contributed by atoms with van der Waals surface area (Å²) < 4.78 is 11.1. The van der Waals surface area contributed by atoms with Gasteiger partial charge in [-0.3, -0.25) is 10.1 Å². The molecule has 0 fully saturated rings. The molecule has 0 bridgehead atoms. The summed E-state index contributed by atoms with van der Waals surface area (Å²) in [6.07, 6.45) is 0. The summed E-state index contributed by atoms with van der Waals surface area (Å²) in [7, 11) is 0. The Labute approximate surface area is 142 Å². The molecule has 0 spiro atoms. The zero-order valence-electron chi connectivity index (χ0n) is 10.6. The third kappa shape index (κ3) is 3.16. The highest BCUT2D eigenvalue weighted by Crippen LogP contribution is 2.26. The first-order valence-electron chi connectivity index (χ1n) is 5.88. The number of amides is 1. The summed E-state index contributed by atoms with van der Waals surface area (Å²) in [6.45, 7) is 0. The Morgan fingerprint density at radius 1 is 1.14 bits per heavy atom. The Bertz CT molecular complexity index is 847. The molecular formula is C13H6BrCl2N3O3. The Balaban J connectivity index is 1.79. The highest BCUT2D eigenvalue weighted by atomic mass is 79.9. The molecule has 1 amide bonds. The molecule has 0 saturated carbocycles. The van der Waals surface area contributed by atoms with Crippen LogP contribution in [0, 0.1) is 0 Å². The monoisotopic (exact) mass is 401 g/mol. The predicted octanol–water partition coefficient (Wildman–Crippen LogP) is 4.65. The van der Waals surface area contributed by atoms with Gasteiger partial charge in [0, 0.05) is 5.02 Å². The zero-order valence-corrected chi connectivity index (χ0v) is 13.7. The molecule has 22 heavy (non-hydrogen) atoms. The molecular weight excluding hydrogens is 397 g/mol. The molecule has 0 unspecified atom stereocenters. The van der Waals surface area contributed by atoms with E-state index in [0.29, 0.717) is 15.5 Å². The number of aromatic nitrogens is 2. The average Bonchev–Trinajstić information content (AvgIpc) is 3.07. The number of hydrogen-bond donors (Lipinski definition) is 1. The molecule has 112 valence electrons. The van der Waals surface area contributed by atoms with E-state index >= 15 is 0 Å². The molecule has 0 radical (unpaired) electrons. The number of rotatable bonds is 3. The Hall–Kier alpha value is -1.83. The lowest BCUT2D eigenvalue weighted by Gasteiger charge is -2.03. The van der Waals surface area contributed by atoms with Gasteiger partial charge in [0.05, 0.1) is 10.6 Å². The zero-order chi connectivity index (χ0) is 15.7. The van der Waals surface area contributed by atoms with Crippen molar-refractivity contribution in [1.82, 2.24) is 10.2 Å². The first-order valence-corrected chi connectivity index (χ1v) is 7.43. The van der Waals surface area contributed by atoms with Crippen molar-refractivity contribution in [3.63, 3.8) is 0 Å². The number of halogens is 3. The van der Waals surface area contributed by atoms with E-state index in [0.717, 1.165) is 0 Å². The van der Waals surface area contributed by atoms with Gasteiger partial charge < -0.3 is 8.83 Å². The first kappa shape index (κ1) is 15.1. The average molecular weight is 403 g/mol. The van der Waals surface area contributed by atoms with Gasteiger partial charge in [-0.1, -0.05) is 28.3 Å². The fourth-order valence-electron chi connectivity index (χ4n) is 1.64. The van der Waals surface area contributed by atoms with Gasteiger partial charge in [0.1, 0.15) is 0 Å². The summed E-state index contributed by atoms with van der Waals surface area (Å²) in [6, 6.07) is 7.80. The highest BCUT2D eigenvalue weighted by molar-refractivity contribution is 9.10. The second-order valence-corrected chi connectivity index (χ2v) is 5.72. The van der Waals surface area contributed by atoms with Crippen LogP contribution in [0.5, 0.6) is 0 Å². The fourth-order valence-corrected chi connectivity index (χ4v) is 2.44. The molecule has 0 atom stereocenters. The highest BCUT2D eigenvalue weighted by Gasteiger charge is 2.16. The van der Waals surface area contributed by atoms with Crippen LogP contribution in [-0.2, 0) is 0 Å². The van der Waals surface area contributed by atoms with Crippen molar-refractivity contribution in [2.45, 2.75) is 0 Å². The van der Waals surface area contributed by atoms with Crippen molar-refractivity contribution < 1.29 is 13.6 Å². The van der Waals surface area contributed by atoms with Crippen LogP contribution in [0.1, 0.15) is 10.4 Å². The van der Waals surface area contributed by atoms with Crippen molar-refractivity contribution in [1.29, 1.82) is 0 Å². The molecule has 2 heterocycles. The van der Waals surface area contributed by atoms with Crippen LogP contribution in [0.25, 0.3) is 11.7 Å². The number of furan rings is 1. The third-order valence-electron chi connectivity index (χ3n) is 2.61. The maximum absolute atomic E-state index is 12.1. The predicted molar refractivity (Wildman–Crippen MR) is 84.1 cm³/mol. The van der Waals surface area contributed by atoms with Gasteiger partial charge in [0.15, 0.2) is 10.4 Å². The first-order chi connectivity index (χ1) is 10.5. The molecule has 0 aliphatic carbocycles. The summed E-state index contributed by atoms with van der Waals surface area (Å²) >= 11 is 14.9. The van der Waals surface area contributed by atoms with Crippen LogP contribution < -0.4 is 5.32 Å². The standard InChI is InChI=1S/C13H6BrCl2N3O3/c14-10-4-3-9(21-10)12-18-19-13(22-12)17-11(20)7-2-1-6(15)5-8(7)16/h1-5H,(H,17,19,20). The summed E-state index contributed by atoms with van der Waals surface area (Å²) in [4.78, 5) is 12.1. The van der Waals surface area contributed by atoms with Crippen LogP contribution in [0.15, 0.2) is 43.8 Å². The molecule has 1 aromatic carbocycles. The van der Waals surface area contributed by atoms with Gasteiger partial charge >= 0.3 is 6.01 Å². The number of nitrogens with zero attached hydrogens (tertiary/aromatic N) is 2. The molecule has 3 rings (SSSR count). The van der Waals surface area contributed by atoms with E-state index in [4.69, 9.17) is 32.0 Å². The van der Waals surface area contributed by atoms with E-state index in [2.05, 4.69) is 31.4 Å². The lowest BCUT2D eigenvalue weighted by Crippen LogP contribution is -2.12. The number of nitrogens with one attached hydrogen (secondary N) is 1. The van der Waals surface area contributed by atoms with Crippen molar-refractivity contribution in [2.75, 3.05) is 5.32 Å². The topological polar surface area (TPSA) is 81.2 Å². The number of hydrogen-bond acceptors (Lipinski definition) is 5. The van der Waals surface area contributed by atoms with Crippen LogP contribution in [0.2, 0.25) is 10.0 Å². The van der Waals surface area contributed by atoms with Crippen LogP contribution >= 0.6 is 39.1 Å². The maximum atomic E-state index is 12.1. The van der Waals surface area contributed by atoms with Gasteiger partial charge in [-0.05, 0) is 46.3 Å². The maximum Gasteiger partial charge on any atom is 0.322 e. The second kappa shape index (κ2) is 6.12. The Morgan fingerprint density at radius 2 is 1.95 bits per heavy atom. The lowest BCUT2D eigenvalue weighted by atomic mass is 10.2. The summed E-state index contributed by atoms with van der Waals surface area (Å²) in [5.41, 5.74) is 0.242. The van der Waals surface area contributed by atoms with Crippen molar-refractivity contribution >= 4 is 51.1 Å². The normalized spacial score (nSPS) is 10.7. The van der Waals surface area contributed by atoms with Crippen molar-refractivity contribution in [2.24, 2.45) is 0 Å². The van der Waals surface area contributed by atoms with E-state index in [1.807, 2.05) is 0 Å². The molecule has 1 N–H and O–H groups in total. The van der Waals surface area contributed by atoms with Gasteiger partial charge in [-0.15, -0.1) is 5.10 Å². The number of anilines is 1. The minimum absolute atomic E-state index is 0.0708. The summed E-state index contributed by atoms with van der Waals surface area (Å²) in [5.74, 6) is 0.0325. The van der Waals surface area contributed by atoms with Gasteiger partial charge in [0.2, 0.25) is 0 Å². The van der Waals surface area contributed by atoms with Crippen LogP contribution in [0.4, 0.5) is 6.01 Å². The number of benzene rings is 1.